The topological polar surface area (TPSA) is 221 Å². The summed E-state index contributed by atoms with van der Waals surface area (Å²) in [5.74, 6) is -4.44. The molecule has 0 aliphatic carbocycles. The van der Waals surface area contributed by atoms with Crippen LogP contribution in [0.15, 0.2) is 10.8 Å². The predicted molar refractivity (Wildman–Crippen MR) is 206 cm³/mol. The van der Waals surface area contributed by atoms with E-state index < -0.39 is 83.2 Å². The summed E-state index contributed by atoms with van der Waals surface area (Å²) in [5, 5.41) is 37.9. The van der Waals surface area contributed by atoms with Crippen LogP contribution in [-0.2, 0) is 33.3 Å². The van der Waals surface area contributed by atoms with Gasteiger partial charge in [0.1, 0.15) is 38.8 Å². The van der Waals surface area contributed by atoms with Crippen LogP contribution in [0.2, 0.25) is 0 Å². The number of rotatable bonds is 23. The van der Waals surface area contributed by atoms with Crippen LogP contribution in [0.4, 0.5) is 0 Å². The number of nitrogens with one attached hydrogen (secondary N) is 1. The third-order valence-corrected chi connectivity index (χ3v) is 10.3. The summed E-state index contributed by atoms with van der Waals surface area (Å²) in [7, 11) is 1.19. The van der Waals surface area contributed by atoms with Gasteiger partial charge < -0.3 is 39.6 Å². The zero-order valence-corrected chi connectivity index (χ0v) is 35.5. The second-order valence-corrected chi connectivity index (χ2v) is 18.0. The minimum Gasteiger partial charge on any atom is -0.464 e. The Morgan fingerprint density at radius 3 is 2.11 bits per heavy atom. The average molecular weight is 855 g/mol. The minimum absolute atomic E-state index is 0.0257. The van der Waals surface area contributed by atoms with Gasteiger partial charge in [0.2, 0.25) is 5.91 Å². The van der Waals surface area contributed by atoms with Crippen molar-refractivity contribution in [2.45, 2.75) is 134 Å². The first-order valence-corrected chi connectivity index (χ1v) is 20.4. The molecule has 6 atom stereocenters. The van der Waals surface area contributed by atoms with E-state index in [1.54, 1.807) is 6.92 Å². The molecule has 0 saturated carbocycles. The Bertz CT molecular complexity index is 1570. The third-order valence-electron chi connectivity index (χ3n) is 8.12. The average Bonchev–Trinajstić information content (AvgIpc) is 3.78. The van der Waals surface area contributed by atoms with Crippen LogP contribution >= 0.6 is 45.9 Å². The van der Waals surface area contributed by atoms with Crippen molar-refractivity contribution in [2.24, 2.45) is 11.8 Å². The van der Waals surface area contributed by atoms with Gasteiger partial charge in [-0.15, -0.1) is 45.9 Å². The maximum atomic E-state index is 13.5. The summed E-state index contributed by atoms with van der Waals surface area (Å²) in [5.41, 5.74) is -1.83. The predicted octanol–water partition coefficient (Wildman–Crippen LogP) is 5.63. The number of alkyl halides is 2. The molecule has 2 heterocycles. The summed E-state index contributed by atoms with van der Waals surface area (Å²) in [6, 6.07) is -0.658. The lowest BCUT2D eigenvalue weighted by molar-refractivity contribution is -0.171. The van der Waals surface area contributed by atoms with Crippen molar-refractivity contribution in [3.05, 3.63) is 32.2 Å². The number of hydrogen-bond acceptors (Lipinski definition) is 16. The number of ether oxygens (including phenoxy) is 4. The van der Waals surface area contributed by atoms with E-state index in [9.17, 15) is 39.3 Å². The Balaban J connectivity index is 2.13. The van der Waals surface area contributed by atoms with Gasteiger partial charge >= 0.3 is 23.9 Å². The van der Waals surface area contributed by atoms with E-state index in [0.717, 1.165) is 22.7 Å². The summed E-state index contributed by atoms with van der Waals surface area (Å²) >= 11 is 14.2. The van der Waals surface area contributed by atoms with Crippen LogP contribution in [0.1, 0.15) is 137 Å². The van der Waals surface area contributed by atoms with Gasteiger partial charge in [0.05, 0.1) is 31.6 Å². The molecule has 19 heteroatoms. The monoisotopic (exact) mass is 853 g/mol. The number of amides is 1. The Morgan fingerprint density at radius 2 is 1.55 bits per heavy atom. The van der Waals surface area contributed by atoms with Crippen LogP contribution in [0.5, 0.6) is 0 Å². The van der Waals surface area contributed by atoms with Crippen LogP contribution < -0.4 is 5.32 Å². The highest BCUT2D eigenvalue weighted by Gasteiger charge is 2.39. The second-order valence-electron chi connectivity index (χ2n) is 14.3. The highest BCUT2D eigenvalue weighted by atomic mass is 35.5. The first-order valence-electron chi connectivity index (χ1n) is 17.9. The second kappa shape index (κ2) is 22.1. The molecule has 310 valence electrons. The van der Waals surface area contributed by atoms with Gasteiger partial charge in [-0.05, 0) is 65.7 Å². The largest absolute Gasteiger partial charge is 0.464 e. The maximum Gasteiger partial charge on any atom is 0.358 e. The molecule has 0 radical (unpaired) electrons. The summed E-state index contributed by atoms with van der Waals surface area (Å²) in [6.45, 7) is 11.1. The SMILES string of the molecule is CCCC(=O)NC(CC(C)C)C(O)CC(=O)OCC(O)c1nc(C(=O)OC(CCCC(C)(Cl)Cl)C(C)C(=O)OC(c2nc(C(=O)OC)cs2)C(C)(C)O)cs1. The van der Waals surface area contributed by atoms with E-state index in [0.29, 0.717) is 25.7 Å². The number of aliphatic hydroxyl groups is 3. The molecular formula is C36H53Cl2N3O12S2. The molecule has 55 heavy (non-hydrogen) atoms. The van der Waals surface area contributed by atoms with E-state index in [1.807, 2.05) is 20.8 Å². The number of halogens is 2. The zero-order chi connectivity index (χ0) is 41.7. The lowest BCUT2D eigenvalue weighted by Gasteiger charge is -2.30. The summed E-state index contributed by atoms with van der Waals surface area (Å²) in [4.78, 5) is 71.8. The Morgan fingerprint density at radius 1 is 0.945 bits per heavy atom. The van der Waals surface area contributed by atoms with Gasteiger partial charge in [-0.25, -0.2) is 19.6 Å². The number of hydrogen-bond donors (Lipinski definition) is 4. The minimum atomic E-state index is -1.63. The van der Waals surface area contributed by atoms with Crippen LogP contribution in [-0.4, -0.2) is 97.0 Å². The normalized spacial score (nSPS) is 15.3. The van der Waals surface area contributed by atoms with Crippen molar-refractivity contribution in [3.8, 4) is 0 Å². The number of carbonyl (C=O) groups is 5. The molecule has 0 spiro atoms. The van der Waals surface area contributed by atoms with Gasteiger partial charge in [0, 0.05) is 17.2 Å². The first kappa shape index (κ1) is 48.2. The van der Waals surface area contributed by atoms with E-state index in [2.05, 4.69) is 15.3 Å². The summed E-state index contributed by atoms with van der Waals surface area (Å²) < 4.78 is 20.2. The van der Waals surface area contributed by atoms with E-state index in [1.165, 1.54) is 38.6 Å². The number of carbonyl (C=O) groups excluding carboxylic acids is 5. The molecule has 4 N–H and O–H groups in total. The van der Waals surface area contributed by atoms with Gasteiger partial charge in [-0.1, -0.05) is 20.8 Å². The smallest absolute Gasteiger partial charge is 0.358 e. The zero-order valence-electron chi connectivity index (χ0n) is 32.3. The molecule has 2 aromatic rings. The van der Waals surface area contributed by atoms with Gasteiger partial charge in [0.15, 0.2) is 17.5 Å². The molecule has 0 fully saturated rings. The van der Waals surface area contributed by atoms with E-state index >= 15 is 0 Å². The van der Waals surface area contributed by atoms with Crippen LogP contribution in [0, 0.1) is 11.8 Å². The van der Waals surface area contributed by atoms with E-state index in [-0.39, 0.29) is 46.1 Å². The van der Waals surface area contributed by atoms with Crippen LogP contribution in [0.25, 0.3) is 0 Å². The number of nitrogens with zero attached hydrogens (tertiary/aromatic N) is 2. The molecule has 2 rings (SSSR count). The van der Waals surface area contributed by atoms with Gasteiger partial charge in [-0.2, -0.15) is 0 Å². The fourth-order valence-corrected chi connectivity index (χ4v) is 7.19. The van der Waals surface area contributed by atoms with Gasteiger partial charge in [-0.3, -0.25) is 14.4 Å². The highest BCUT2D eigenvalue weighted by Crippen LogP contribution is 2.34. The molecule has 0 saturated heterocycles. The molecule has 6 unspecified atom stereocenters. The fraction of sp³-hybridized carbons (Fsp3) is 0.694. The van der Waals surface area contributed by atoms with Crippen molar-refractivity contribution in [1.82, 2.24) is 15.3 Å². The number of esters is 4. The van der Waals surface area contributed by atoms with Crippen LogP contribution in [0.3, 0.4) is 0 Å². The van der Waals surface area contributed by atoms with Crippen molar-refractivity contribution in [1.29, 1.82) is 0 Å². The number of thiazole rings is 2. The molecule has 15 nitrogen and oxygen atoms in total. The van der Waals surface area contributed by atoms with E-state index in [4.69, 9.17) is 42.1 Å². The molecule has 0 bridgehead atoms. The van der Waals surface area contributed by atoms with Gasteiger partial charge in [0.25, 0.3) is 0 Å². The Hall–Kier alpha value is -2.93. The Kier molecular flexibility index (Phi) is 19.4. The Labute approximate surface area is 339 Å². The lowest BCUT2D eigenvalue weighted by Crippen LogP contribution is -2.45. The molecule has 2 aromatic heterocycles. The first-order chi connectivity index (χ1) is 25.6. The molecule has 0 aliphatic heterocycles. The number of aliphatic hydroxyl groups excluding tert-OH is 2. The van der Waals surface area contributed by atoms with Crippen molar-refractivity contribution < 1.29 is 58.2 Å². The molecule has 1 amide bonds. The molecule has 0 aliphatic rings. The fourth-order valence-electron chi connectivity index (χ4n) is 5.18. The maximum absolute atomic E-state index is 13.5. The van der Waals surface area contributed by atoms with Crippen molar-refractivity contribution in [3.63, 3.8) is 0 Å². The standard InChI is InChI=1S/C36H53Cl2N3O12S2/c1-9-11-27(44)39-21(14-19(2)3)24(42)15-28(45)51-16-25(43)30-40-23(18-54-30)34(48)52-26(12-10-13-36(7,37)38)20(4)32(46)53-29(35(5,6)49)31-41-22(17-55-31)33(47)50-8/h17-21,24-26,29,42-43,49H,9-16H2,1-8H3,(H,39,44). The summed E-state index contributed by atoms with van der Waals surface area (Å²) in [6.07, 6.45) is -3.28. The lowest BCUT2D eigenvalue weighted by atomic mass is 9.97. The number of aromatic nitrogens is 2. The third kappa shape index (κ3) is 16.6. The quantitative estimate of drug-likeness (QED) is 0.0605. The van der Waals surface area contributed by atoms with Crippen molar-refractivity contribution >= 4 is 75.7 Å². The highest BCUT2D eigenvalue weighted by molar-refractivity contribution is 7.10. The van der Waals surface area contributed by atoms with Crippen molar-refractivity contribution in [2.75, 3.05) is 13.7 Å². The molecule has 0 aromatic carbocycles. The molecular weight excluding hydrogens is 801 g/mol. The number of methoxy groups -OCH3 is 1.